The predicted molar refractivity (Wildman–Crippen MR) is 118 cm³/mol. The van der Waals surface area contributed by atoms with E-state index in [1.807, 2.05) is 36.4 Å². The maximum atomic E-state index is 12.5. The highest BCUT2D eigenvalue weighted by molar-refractivity contribution is 5.95. The summed E-state index contributed by atoms with van der Waals surface area (Å²) in [5, 5.41) is 12.4. The molecule has 0 fully saturated rings. The fourth-order valence-electron chi connectivity index (χ4n) is 3.08. The van der Waals surface area contributed by atoms with E-state index in [4.69, 9.17) is 14.2 Å². The number of rotatable bonds is 9. The minimum Gasteiger partial charge on any atom is -0.497 e. The number of tetrazole rings is 1. The van der Waals surface area contributed by atoms with Crippen molar-refractivity contribution in [2.45, 2.75) is 13.2 Å². The van der Waals surface area contributed by atoms with Crippen LogP contribution in [0.25, 0.3) is 11.4 Å². The Hall–Kier alpha value is -4.20. The van der Waals surface area contributed by atoms with Crippen LogP contribution in [0, 0.1) is 0 Å². The summed E-state index contributed by atoms with van der Waals surface area (Å²) in [5.74, 6) is 2.12. The van der Waals surface area contributed by atoms with Gasteiger partial charge in [-0.1, -0.05) is 30.3 Å². The van der Waals surface area contributed by atoms with Crippen molar-refractivity contribution in [1.29, 1.82) is 0 Å². The van der Waals surface area contributed by atoms with E-state index in [0.717, 1.165) is 5.56 Å². The summed E-state index contributed by atoms with van der Waals surface area (Å²) in [7, 11) is 3.15. The van der Waals surface area contributed by atoms with Gasteiger partial charge in [-0.05, 0) is 53.2 Å². The third kappa shape index (κ3) is 4.92. The Morgan fingerprint density at radius 1 is 0.906 bits per heavy atom. The van der Waals surface area contributed by atoms with E-state index >= 15 is 0 Å². The summed E-state index contributed by atoms with van der Waals surface area (Å²) in [5.41, 5.74) is 2.31. The van der Waals surface area contributed by atoms with E-state index in [9.17, 15) is 4.79 Å². The van der Waals surface area contributed by atoms with E-state index in [1.54, 1.807) is 50.6 Å². The summed E-state index contributed by atoms with van der Waals surface area (Å²) in [6.45, 7) is 0.410. The molecule has 0 radical (unpaired) electrons. The molecule has 0 aliphatic rings. The molecule has 0 saturated heterocycles. The van der Waals surface area contributed by atoms with Crippen LogP contribution in [0.5, 0.6) is 17.2 Å². The van der Waals surface area contributed by atoms with E-state index in [0.29, 0.717) is 40.8 Å². The molecule has 8 heteroatoms. The Morgan fingerprint density at radius 3 is 2.41 bits per heavy atom. The minimum absolute atomic E-state index is 0.0191. The maximum Gasteiger partial charge on any atom is 0.205 e. The molecule has 0 aliphatic heterocycles. The number of benzene rings is 3. The molecule has 0 unspecified atom stereocenters. The lowest BCUT2D eigenvalue weighted by atomic mass is 10.1. The van der Waals surface area contributed by atoms with E-state index in [2.05, 4.69) is 15.4 Å². The van der Waals surface area contributed by atoms with Gasteiger partial charge >= 0.3 is 0 Å². The zero-order valence-corrected chi connectivity index (χ0v) is 17.8. The average Bonchev–Trinajstić information content (AvgIpc) is 3.31. The lowest BCUT2D eigenvalue weighted by Crippen LogP contribution is -2.13. The molecule has 0 amide bonds. The van der Waals surface area contributed by atoms with Gasteiger partial charge in [0.1, 0.15) is 18.9 Å². The number of carbonyl (C=O) groups excluding carboxylic acids is 1. The molecule has 3 aromatic carbocycles. The van der Waals surface area contributed by atoms with E-state index in [1.165, 1.54) is 4.80 Å². The quantitative estimate of drug-likeness (QED) is 0.373. The molecule has 0 atom stereocenters. The molecule has 32 heavy (non-hydrogen) atoms. The first-order valence-corrected chi connectivity index (χ1v) is 9.96. The smallest absolute Gasteiger partial charge is 0.205 e. The van der Waals surface area contributed by atoms with E-state index in [-0.39, 0.29) is 12.3 Å². The third-order valence-electron chi connectivity index (χ3n) is 4.81. The van der Waals surface area contributed by atoms with Gasteiger partial charge in [-0.25, -0.2) is 0 Å². The first-order valence-electron chi connectivity index (χ1n) is 9.96. The number of hydrogen-bond acceptors (Lipinski definition) is 7. The van der Waals surface area contributed by atoms with Crippen LogP contribution < -0.4 is 14.2 Å². The van der Waals surface area contributed by atoms with Gasteiger partial charge in [-0.3, -0.25) is 4.79 Å². The van der Waals surface area contributed by atoms with Crippen molar-refractivity contribution in [2.75, 3.05) is 14.2 Å². The molecular formula is C24H22N4O4. The summed E-state index contributed by atoms with van der Waals surface area (Å²) in [6, 6.07) is 22.2. The number of ketones is 1. The van der Waals surface area contributed by atoms with Crippen LogP contribution >= 0.6 is 0 Å². The van der Waals surface area contributed by atoms with Gasteiger partial charge in [0.05, 0.1) is 14.2 Å². The molecule has 0 bridgehead atoms. The fourth-order valence-corrected chi connectivity index (χ4v) is 3.08. The van der Waals surface area contributed by atoms with Crippen LogP contribution in [-0.4, -0.2) is 40.2 Å². The molecule has 4 rings (SSSR count). The van der Waals surface area contributed by atoms with Crippen LogP contribution in [0.15, 0.2) is 72.8 Å². The maximum absolute atomic E-state index is 12.5. The molecule has 8 nitrogen and oxygen atoms in total. The molecule has 0 spiro atoms. The van der Waals surface area contributed by atoms with Crippen molar-refractivity contribution in [3.63, 3.8) is 0 Å². The largest absolute Gasteiger partial charge is 0.497 e. The zero-order chi connectivity index (χ0) is 22.3. The van der Waals surface area contributed by atoms with Crippen molar-refractivity contribution >= 4 is 5.78 Å². The number of Topliss-reactive ketones (excluding diaryl/α,β-unsaturated/α-hetero) is 1. The van der Waals surface area contributed by atoms with Gasteiger partial charge < -0.3 is 14.2 Å². The van der Waals surface area contributed by atoms with Gasteiger partial charge in [-0.15, -0.1) is 10.2 Å². The standard InChI is InChI=1S/C24H22N4O4/c1-30-20-11-8-18(9-12-20)21(29)15-28-26-24(25-27-28)19-10-13-22(23(14-19)31-2)32-16-17-6-4-3-5-7-17/h3-14H,15-16H2,1-2H3. The monoisotopic (exact) mass is 430 g/mol. The lowest BCUT2D eigenvalue weighted by Gasteiger charge is -2.11. The SMILES string of the molecule is COc1ccc(C(=O)Cn2nnc(-c3ccc(OCc4ccccc4)c(OC)c3)n2)cc1. The lowest BCUT2D eigenvalue weighted by molar-refractivity contribution is 0.0961. The second-order valence-corrected chi connectivity index (χ2v) is 6.94. The van der Waals surface area contributed by atoms with Crippen LogP contribution in [0.1, 0.15) is 15.9 Å². The Labute approximate surface area is 185 Å². The first kappa shape index (κ1) is 21.0. The number of aromatic nitrogens is 4. The van der Waals surface area contributed by atoms with Gasteiger partial charge in [-0.2, -0.15) is 4.80 Å². The van der Waals surface area contributed by atoms with Gasteiger partial charge in [0, 0.05) is 11.1 Å². The van der Waals surface area contributed by atoms with Crippen LogP contribution in [-0.2, 0) is 13.2 Å². The first-order chi connectivity index (χ1) is 15.7. The molecular weight excluding hydrogens is 408 g/mol. The molecule has 0 N–H and O–H groups in total. The molecule has 0 aliphatic carbocycles. The van der Waals surface area contributed by atoms with Crippen LogP contribution in [0.3, 0.4) is 0 Å². The molecule has 162 valence electrons. The average molecular weight is 430 g/mol. The topological polar surface area (TPSA) is 88.4 Å². The van der Waals surface area contributed by atoms with Crippen molar-refractivity contribution < 1.29 is 19.0 Å². The third-order valence-corrected chi connectivity index (χ3v) is 4.81. The molecule has 1 aromatic heterocycles. The second kappa shape index (κ2) is 9.74. The number of hydrogen-bond donors (Lipinski definition) is 0. The van der Waals surface area contributed by atoms with Crippen molar-refractivity contribution in [1.82, 2.24) is 20.2 Å². The Bertz CT molecular complexity index is 1190. The van der Waals surface area contributed by atoms with Crippen molar-refractivity contribution in [3.05, 3.63) is 83.9 Å². The van der Waals surface area contributed by atoms with E-state index < -0.39 is 0 Å². The van der Waals surface area contributed by atoms with Gasteiger partial charge in [0.2, 0.25) is 5.82 Å². The highest BCUT2D eigenvalue weighted by Gasteiger charge is 2.14. The number of ether oxygens (including phenoxy) is 3. The molecule has 4 aromatic rings. The van der Waals surface area contributed by atoms with Crippen LogP contribution in [0.2, 0.25) is 0 Å². The number of methoxy groups -OCH3 is 2. The van der Waals surface area contributed by atoms with Crippen LogP contribution in [0.4, 0.5) is 0 Å². The number of nitrogens with zero attached hydrogens (tertiary/aromatic N) is 4. The normalized spacial score (nSPS) is 10.6. The van der Waals surface area contributed by atoms with Gasteiger partial charge in [0.25, 0.3) is 0 Å². The predicted octanol–water partition coefficient (Wildman–Crippen LogP) is 3.82. The minimum atomic E-state index is -0.126. The Balaban J connectivity index is 1.45. The fraction of sp³-hybridized carbons (Fsp3) is 0.167. The highest BCUT2D eigenvalue weighted by Crippen LogP contribution is 2.31. The summed E-state index contributed by atoms with van der Waals surface area (Å²) in [6.07, 6.45) is 0. The summed E-state index contributed by atoms with van der Waals surface area (Å²) >= 11 is 0. The molecule has 1 heterocycles. The zero-order valence-electron chi connectivity index (χ0n) is 17.8. The number of carbonyl (C=O) groups is 1. The molecule has 0 saturated carbocycles. The summed E-state index contributed by atoms with van der Waals surface area (Å²) in [4.78, 5) is 13.8. The Morgan fingerprint density at radius 2 is 1.69 bits per heavy atom. The van der Waals surface area contributed by atoms with Crippen molar-refractivity contribution in [2.24, 2.45) is 0 Å². The summed E-state index contributed by atoms with van der Waals surface area (Å²) < 4.78 is 16.5. The Kier molecular flexibility index (Phi) is 6.41. The van der Waals surface area contributed by atoms with Crippen molar-refractivity contribution in [3.8, 4) is 28.6 Å². The van der Waals surface area contributed by atoms with Gasteiger partial charge in [0.15, 0.2) is 17.3 Å². The highest BCUT2D eigenvalue weighted by atomic mass is 16.5. The second-order valence-electron chi connectivity index (χ2n) is 6.94.